The zero-order valence-corrected chi connectivity index (χ0v) is 57.0. The van der Waals surface area contributed by atoms with Gasteiger partial charge in [0.2, 0.25) is 5.91 Å². The van der Waals surface area contributed by atoms with Crippen LogP contribution in [0.1, 0.15) is 328 Å². The third-order valence-corrected chi connectivity index (χ3v) is 17.1. The van der Waals surface area contributed by atoms with Crippen molar-refractivity contribution in [2.75, 3.05) is 13.2 Å². The Morgan fingerprint density at radius 1 is 0.398 bits per heavy atom. The lowest BCUT2D eigenvalue weighted by atomic mass is 9.99. The predicted molar refractivity (Wildman–Crippen MR) is 377 cm³/mol. The van der Waals surface area contributed by atoms with Crippen molar-refractivity contribution in [1.82, 2.24) is 5.32 Å². The summed E-state index contributed by atoms with van der Waals surface area (Å²) in [6, 6.07) is -0.729. The Hall–Kier alpha value is -3.15. The molecule has 1 aliphatic rings. The van der Waals surface area contributed by atoms with Gasteiger partial charge >= 0.3 is 0 Å². The molecule has 0 spiro atoms. The Morgan fingerprint density at radius 3 is 1.05 bits per heavy atom. The molecular weight excluding hydrogens is 1090 g/mol. The predicted octanol–water partition coefficient (Wildman–Crippen LogP) is 20.8. The Labute approximate surface area is 542 Å². The van der Waals surface area contributed by atoms with Gasteiger partial charge in [0.05, 0.1) is 25.4 Å². The van der Waals surface area contributed by atoms with Gasteiger partial charge in [-0.2, -0.15) is 0 Å². The Kier molecular flexibility index (Phi) is 62.9. The highest BCUT2D eigenvalue weighted by molar-refractivity contribution is 5.76. The minimum Gasteiger partial charge on any atom is -0.394 e. The van der Waals surface area contributed by atoms with Crippen LogP contribution in [0, 0.1) is 0 Å². The minimum absolute atomic E-state index is 0.142. The van der Waals surface area contributed by atoms with Crippen LogP contribution in [0.5, 0.6) is 0 Å². The molecule has 6 N–H and O–H groups in total. The van der Waals surface area contributed by atoms with Crippen molar-refractivity contribution >= 4 is 5.91 Å². The van der Waals surface area contributed by atoms with E-state index in [9.17, 15) is 30.3 Å². The lowest BCUT2D eigenvalue weighted by Gasteiger charge is -2.40. The summed E-state index contributed by atoms with van der Waals surface area (Å²) in [7, 11) is 0. The Morgan fingerprint density at radius 2 is 0.705 bits per heavy atom. The van der Waals surface area contributed by atoms with E-state index < -0.39 is 49.5 Å². The van der Waals surface area contributed by atoms with Crippen LogP contribution in [-0.2, 0) is 14.3 Å². The molecule has 88 heavy (non-hydrogen) atoms. The summed E-state index contributed by atoms with van der Waals surface area (Å²) < 4.78 is 11.4. The number of unbranched alkanes of at least 4 members (excludes halogenated alkanes) is 36. The van der Waals surface area contributed by atoms with E-state index in [4.69, 9.17) is 9.47 Å². The van der Waals surface area contributed by atoms with Gasteiger partial charge in [-0.3, -0.25) is 4.79 Å². The second-order valence-corrected chi connectivity index (χ2v) is 25.4. The third-order valence-electron chi connectivity index (χ3n) is 17.1. The van der Waals surface area contributed by atoms with Crippen molar-refractivity contribution in [2.45, 2.75) is 371 Å². The molecule has 0 aromatic carbocycles. The number of carbonyl (C=O) groups excluding carboxylic acids is 1. The van der Waals surface area contributed by atoms with E-state index >= 15 is 0 Å². The highest BCUT2D eigenvalue weighted by Gasteiger charge is 2.44. The lowest BCUT2D eigenvalue weighted by Crippen LogP contribution is -2.60. The van der Waals surface area contributed by atoms with E-state index in [1.54, 1.807) is 0 Å². The van der Waals surface area contributed by atoms with Crippen molar-refractivity contribution in [1.29, 1.82) is 0 Å². The largest absolute Gasteiger partial charge is 0.394 e. The van der Waals surface area contributed by atoms with Crippen molar-refractivity contribution in [3.63, 3.8) is 0 Å². The molecule has 9 heteroatoms. The molecule has 0 saturated carbocycles. The first kappa shape index (κ1) is 82.9. The molecular formula is C79H139NO8. The van der Waals surface area contributed by atoms with Crippen LogP contribution in [0.15, 0.2) is 109 Å². The number of carbonyl (C=O) groups is 1. The number of hydrogen-bond acceptors (Lipinski definition) is 8. The number of allylic oxidation sites excluding steroid dienone is 18. The van der Waals surface area contributed by atoms with Gasteiger partial charge in [0.25, 0.3) is 0 Å². The van der Waals surface area contributed by atoms with Gasteiger partial charge < -0.3 is 40.3 Å². The average Bonchev–Trinajstić information content (AvgIpc) is 3.65. The van der Waals surface area contributed by atoms with E-state index in [0.717, 1.165) is 103 Å². The maximum absolute atomic E-state index is 13.2. The molecule has 0 aromatic rings. The number of rotatable bonds is 64. The minimum atomic E-state index is -1.56. The fourth-order valence-electron chi connectivity index (χ4n) is 11.4. The molecule has 0 aliphatic carbocycles. The van der Waals surface area contributed by atoms with Crippen LogP contribution >= 0.6 is 0 Å². The Bertz CT molecular complexity index is 1760. The van der Waals surface area contributed by atoms with Gasteiger partial charge in [0.1, 0.15) is 24.4 Å². The molecule has 9 nitrogen and oxygen atoms in total. The number of nitrogens with one attached hydrogen (secondary N) is 1. The zero-order chi connectivity index (χ0) is 63.5. The van der Waals surface area contributed by atoms with E-state index in [1.165, 1.54) is 199 Å². The van der Waals surface area contributed by atoms with Gasteiger partial charge in [0.15, 0.2) is 6.29 Å². The number of hydrogen-bond donors (Lipinski definition) is 6. The normalized spacial score (nSPS) is 18.6. The Balaban J connectivity index is 2.11. The molecule has 1 rings (SSSR count). The number of aliphatic hydroxyl groups excluding tert-OH is 5. The fourth-order valence-corrected chi connectivity index (χ4v) is 11.4. The van der Waals surface area contributed by atoms with Crippen LogP contribution in [0.3, 0.4) is 0 Å². The maximum atomic E-state index is 13.2. The van der Waals surface area contributed by atoms with Gasteiger partial charge in [-0.25, -0.2) is 0 Å². The standard InChI is InChI=1S/C79H139NO8/c1-3-5-7-9-11-13-15-17-19-21-23-25-27-29-31-32-33-34-35-36-37-38-39-40-41-42-43-45-47-49-51-53-55-57-59-61-63-65-67-69-75(83)80-72(71-87-79-78(86)77(85)76(84)74(70-81)88-79)73(82)68-66-64-62-60-58-56-54-52-50-48-46-44-30-28-26-24-22-20-18-16-14-12-10-8-6-4-2/h5,7,11,13,17,19,23,25,29,31,33-34,36-37,39-40,42-43,72-74,76-79,81-82,84-86H,3-4,6,8-10,12,14-16,18,20-22,24,26-28,30,32,35,38,41,44-71H2,1-2H3,(H,80,83)/b7-5-,13-11-,19-17-,25-23-,31-29-,34-33-,37-36-,40-39-,43-42-. The van der Waals surface area contributed by atoms with Gasteiger partial charge in [-0.15, -0.1) is 0 Å². The molecule has 1 heterocycles. The first-order chi connectivity index (χ1) is 43.3. The number of ether oxygens (including phenoxy) is 2. The van der Waals surface area contributed by atoms with E-state index in [0.29, 0.717) is 12.8 Å². The molecule has 508 valence electrons. The molecule has 1 amide bonds. The number of amides is 1. The van der Waals surface area contributed by atoms with Crippen LogP contribution in [0.25, 0.3) is 0 Å². The smallest absolute Gasteiger partial charge is 0.220 e. The second kappa shape index (κ2) is 66.8. The molecule has 7 unspecified atom stereocenters. The molecule has 0 radical (unpaired) electrons. The second-order valence-electron chi connectivity index (χ2n) is 25.4. The first-order valence-electron chi connectivity index (χ1n) is 37.1. The van der Waals surface area contributed by atoms with Crippen molar-refractivity contribution in [2.24, 2.45) is 0 Å². The molecule has 1 saturated heterocycles. The van der Waals surface area contributed by atoms with Gasteiger partial charge in [-0.05, 0) is 83.5 Å². The summed E-state index contributed by atoms with van der Waals surface area (Å²) in [5.74, 6) is -0.147. The van der Waals surface area contributed by atoms with E-state index in [-0.39, 0.29) is 12.5 Å². The van der Waals surface area contributed by atoms with Crippen LogP contribution < -0.4 is 5.32 Å². The fraction of sp³-hybridized carbons (Fsp3) is 0.759. The number of aliphatic hydroxyl groups is 5. The molecule has 0 aromatic heterocycles. The summed E-state index contributed by atoms with van der Waals surface area (Å²) in [5.41, 5.74) is 0. The summed E-state index contributed by atoms with van der Waals surface area (Å²) >= 11 is 0. The SMILES string of the molecule is CC/C=C\C/C=C\C/C=C\C/C=C\C/C=C\C/C=C\C/C=C\C/C=C\C/C=C\CCCCCCCCCCCCCC(=O)NC(COC1OC(CO)C(O)C(O)C1O)C(O)CCCCCCCCCCCCCCCCCCCCCCCCCCCC. The van der Waals surface area contributed by atoms with Gasteiger partial charge in [0, 0.05) is 6.42 Å². The van der Waals surface area contributed by atoms with Gasteiger partial charge in [-0.1, -0.05) is 348 Å². The average molecular weight is 1230 g/mol. The van der Waals surface area contributed by atoms with Crippen molar-refractivity contribution in [3.8, 4) is 0 Å². The third kappa shape index (κ3) is 54.6. The highest BCUT2D eigenvalue weighted by atomic mass is 16.7. The van der Waals surface area contributed by atoms with Crippen LogP contribution in [0.4, 0.5) is 0 Å². The van der Waals surface area contributed by atoms with Crippen LogP contribution in [-0.4, -0.2) is 87.5 Å². The quantitative estimate of drug-likeness (QED) is 0.0261. The molecule has 0 bridgehead atoms. The first-order valence-corrected chi connectivity index (χ1v) is 37.1. The zero-order valence-electron chi connectivity index (χ0n) is 57.0. The van der Waals surface area contributed by atoms with E-state index in [2.05, 4.69) is 129 Å². The molecule has 1 fully saturated rings. The highest BCUT2D eigenvalue weighted by Crippen LogP contribution is 2.24. The summed E-state index contributed by atoms with van der Waals surface area (Å²) in [6.45, 7) is 3.76. The van der Waals surface area contributed by atoms with E-state index in [1.807, 2.05) is 0 Å². The monoisotopic (exact) mass is 1230 g/mol. The topological polar surface area (TPSA) is 149 Å². The molecule has 1 aliphatic heterocycles. The molecule has 7 atom stereocenters. The lowest BCUT2D eigenvalue weighted by molar-refractivity contribution is -0.302. The summed E-state index contributed by atoms with van der Waals surface area (Å²) in [5, 5.41) is 55.0. The van der Waals surface area contributed by atoms with Crippen molar-refractivity contribution < 1.29 is 39.8 Å². The summed E-state index contributed by atoms with van der Waals surface area (Å²) in [6.07, 6.45) is 91.6. The maximum Gasteiger partial charge on any atom is 0.220 e. The summed E-state index contributed by atoms with van der Waals surface area (Å²) in [4.78, 5) is 13.2. The van der Waals surface area contributed by atoms with Crippen LogP contribution in [0.2, 0.25) is 0 Å². The van der Waals surface area contributed by atoms with Crippen molar-refractivity contribution in [3.05, 3.63) is 109 Å².